The molecule has 2 amide bonds. The van der Waals surface area contributed by atoms with Gasteiger partial charge in [-0.1, -0.05) is 12.1 Å². The average Bonchev–Trinajstić information content (AvgIpc) is 3.10. The number of nitrogen functional groups attached to an aromatic ring is 1. The number of piperidine rings is 1. The largest absolute Gasteiger partial charge is 0.397 e. The molecule has 0 radical (unpaired) electrons. The number of nitrogens with zero attached hydrogens (tertiary/aromatic N) is 2. The molecule has 1 aliphatic rings. The number of thiophene rings is 1. The van der Waals surface area contributed by atoms with E-state index >= 15 is 0 Å². The van der Waals surface area contributed by atoms with E-state index in [-0.39, 0.29) is 11.8 Å². The Morgan fingerprint density at radius 3 is 2.55 bits per heavy atom. The Hall–Kier alpha value is -3.13. The molecular weight excluding hydrogens is 410 g/mol. The minimum atomic E-state index is -0.202. The summed E-state index contributed by atoms with van der Waals surface area (Å²) in [5.74, 6) is 0.0472. The van der Waals surface area contributed by atoms with E-state index in [0.717, 1.165) is 24.9 Å². The second-order valence-electron chi connectivity index (χ2n) is 7.80. The first-order valence-electron chi connectivity index (χ1n) is 10.6. The fourth-order valence-electron chi connectivity index (χ4n) is 3.84. The first-order valence-corrected chi connectivity index (χ1v) is 11.4. The van der Waals surface area contributed by atoms with Crippen molar-refractivity contribution in [3.8, 4) is 0 Å². The van der Waals surface area contributed by atoms with Gasteiger partial charge in [0.25, 0.3) is 5.91 Å². The zero-order valence-electron chi connectivity index (χ0n) is 17.6. The van der Waals surface area contributed by atoms with E-state index in [0.29, 0.717) is 27.8 Å². The Bertz CT molecular complexity index is 1090. The van der Waals surface area contributed by atoms with Gasteiger partial charge in [0.2, 0.25) is 5.91 Å². The fourth-order valence-corrected chi connectivity index (χ4v) is 4.85. The van der Waals surface area contributed by atoms with Gasteiger partial charge < -0.3 is 21.3 Å². The maximum atomic E-state index is 12.7. The summed E-state index contributed by atoms with van der Waals surface area (Å²) in [5.41, 5.74) is 9.06. The highest BCUT2D eigenvalue weighted by Gasteiger charge is 2.17. The van der Waals surface area contributed by atoms with Crippen molar-refractivity contribution in [2.45, 2.75) is 32.6 Å². The van der Waals surface area contributed by atoms with Crippen molar-refractivity contribution in [1.82, 2.24) is 10.3 Å². The predicted octanol–water partition coefficient (Wildman–Crippen LogP) is 3.80. The van der Waals surface area contributed by atoms with Crippen molar-refractivity contribution in [3.63, 3.8) is 0 Å². The number of hydrogen-bond acceptors (Lipinski definition) is 6. The molecule has 1 saturated heterocycles. The van der Waals surface area contributed by atoms with Gasteiger partial charge in [-0.2, -0.15) is 0 Å². The van der Waals surface area contributed by atoms with Gasteiger partial charge in [0.1, 0.15) is 15.5 Å². The lowest BCUT2D eigenvalue weighted by Crippen LogP contribution is -2.29. The molecule has 0 saturated carbocycles. The van der Waals surface area contributed by atoms with E-state index < -0.39 is 0 Å². The summed E-state index contributed by atoms with van der Waals surface area (Å²) in [6.45, 7) is 4.22. The average molecular weight is 438 g/mol. The summed E-state index contributed by atoms with van der Waals surface area (Å²) < 4.78 is 0. The van der Waals surface area contributed by atoms with Gasteiger partial charge in [-0.05, 0) is 55.5 Å². The number of aromatic nitrogens is 1. The van der Waals surface area contributed by atoms with Crippen LogP contribution in [-0.2, 0) is 11.2 Å². The normalized spacial score (nSPS) is 13.9. The molecule has 4 rings (SSSR count). The molecule has 3 heterocycles. The second kappa shape index (κ2) is 9.34. The fraction of sp³-hybridized carbons (Fsp3) is 0.348. The zero-order chi connectivity index (χ0) is 21.8. The predicted molar refractivity (Wildman–Crippen MR) is 127 cm³/mol. The van der Waals surface area contributed by atoms with Gasteiger partial charge in [0.05, 0.1) is 5.69 Å². The molecule has 0 unspecified atom stereocenters. The number of carbonyl (C=O) groups excluding carboxylic acids is 2. The van der Waals surface area contributed by atoms with Crippen LogP contribution in [0.3, 0.4) is 0 Å². The van der Waals surface area contributed by atoms with Gasteiger partial charge in [-0.3, -0.25) is 9.59 Å². The van der Waals surface area contributed by atoms with Crippen LogP contribution in [0.2, 0.25) is 0 Å². The number of benzene rings is 1. The van der Waals surface area contributed by atoms with Crippen LogP contribution in [0.4, 0.5) is 17.2 Å². The highest BCUT2D eigenvalue weighted by atomic mass is 32.1. The van der Waals surface area contributed by atoms with Gasteiger partial charge in [0.15, 0.2) is 0 Å². The standard InChI is InChI=1S/C23H27N5O2S/c1-15(29)26-19-10-9-18-20(24)21(31-23(18)27-19)22(30)25-12-11-16-5-7-17(8-6-16)28-13-3-2-4-14-28/h5-10H,2-4,11-14,24H2,1H3,(H,25,30)(H,26,27,29). The van der Waals surface area contributed by atoms with E-state index in [1.54, 1.807) is 12.1 Å². The van der Waals surface area contributed by atoms with Crippen molar-refractivity contribution in [3.05, 3.63) is 46.8 Å². The number of nitrogens with two attached hydrogens (primary N) is 1. The Balaban J connectivity index is 1.35. The van der Waals surface area contributed by atoms with Crippen LogP contribution in [0, 0.1) is 0 Å². The zero-order valence-corrected chi connectivity index (χ0v) is 18.4. The SMILES string of the molecule is CC(=O)Nc1ccc2c(N)c(C(=O)NCCc3ccc(N4CCCCC4)cc3)sc2n1. The number of rotatable bonds is 6. The second-order valence-corrected chi connectivity index (χ2v) is 8.79. The quantitative estimate of drug-likeness (QED) is 0.545. The third-order valence-corrected chi connectivity index (χ3v) is 6.57. The highest BCUT2D eigenvalue weighted by Crippen LogP contribution is 2.33. The molecule has 7 nitrogen and oxygen atoms in total. The van der Waals surface area contributed by atoms with Crippen molar-refractivity contribution in [1.29, 1.82) is 0 Å². The van der Waals surface area contributed by atoms with Gasteiger partial charge in [-0.25, -0.2) is 4.98 Å². The number of anilines is 3. The number of hydrogen-bond donors (Lipinski definition) is 3. The first kappa shape index (κ1) is 21.1. The number of fused-ring (bicyclic) bond motifs is 1. The third kappa shape index (κ3) is 4.96. The number of pyridine rings is 1. The van der Waals surface area contributed by atoms with Crippen LogP contribution in [0.15, 0.2) is 36.4 Å². The third-order valence-electron chi connectivity index (χ3n) is 5.46. The molecule has 0 spiro atoms. The topological polar surface area (TPSA) is 100 Å². The summed E-state index contributed by atoms with van der Waals surface area (Å²) >= 11 is 1.23. The molecule has 31 heavy (non-hydrogen) atoms. The monoisotopic (exact) mass is 437 g/mol. The molecule has 0 aliphatic carbocycles. The Kier molecular flexibility index (Phi) is 6.36. The molecule has 1 aliphatic heterocycles. The first-order chi connectivity index (χ1) is 15.0. The molecule has 3 aromatic rings. The van der Waals surface area contributed by atoms with E-state index in [4.69, 9.17) is 5.73 Å². The Morgan fingerprint density at radius 2 is 1.84 bits per heavy atom. The van der Waals surface area contributed by atoms with Crippen molar-refractivity contribution < 1.29 is 9.59 Å². The molecule has 2 aromatic heterocycles. The molecule has 4 N–H and O–H groups in total. The molecule has 162 valence electrons. The summed E-state index contributed by atoms with van der Waals surface area (Å²) in [6.07, 6.45) is 4.60. The van der Waals surface area contributed by atoms with E-state index in [1.807, 2.05) is 0 Å². The Morgan fingerprint density at radius 1 is 1.10 bits per heavy atom. The highest BCUT2D eigenvalue weighted by molar-refractivity contribution is 7.21. The summed E-state index contributed by atoms with van der Waals surface area (Å²) in [7, 11) is 0. The maximum Gasteiger partial charge on any atom is 0.263 e. The smallest absolute Gasteiger partial charge is 0.263 e. The lowest BCUT2D eigenvalue weighted by Gasteiger charge is -2.28. The van der Waals surface area contributed by atoms with Crippen LogP contribution >= 0.6 is 11.3 Å². The van der Waals surface area contributed by atoms with Crippen LogP contribution in [0.25, 0.3) is 10.2 Å². The molecule has 1 fully saturated rings. The van der Waals surface area contributed by atoms with Crippen molar-refractivity contribution in [2.75, 3.05) is 35.6 Å². The van der Waals surface area contributed by atoms with Gasteiger partial charge >= 0.3 is 0 Å². The molecule has 1 aromatic carbocycles. The minimum absolute atomic E-state index is 0.196. The summed E-state index contributed by atoms with van der Waals surface area (Å²) in [4.78, 5) is 31.8. The van der Waals surface area contributed by atoms with Crippen LogP contribution in [0.1, 0.15) is 41.4 Å². The molecular formula is C23H27N5O2S. The van der Waals surface area contributed by atoms with Crippen molar-refractivity contribution in [2.24, 2.45) is 0 Å². The lowest BCUT2D eigenvalue weighted by atomic mass is 10.1. The van der Waals surface area contributed by atoms with Gasteiger partial charge in [0, 0.05) is 37.6 Å². The molecule has 0 atom stereocenters. The molecule has 0 bridgehead atoms. The van der Waals surface area contributed by atoms with E-state index in [2.05, 4.69) is 44.8 Å². The van der Waals surface area contributed by atoms with Crippen LogP contribution < -0.4 is 21.3 Å². The van der Waals surface area contributed by atoms with E-state index in [9.17, 15) is 9.59 Å². The summed E-state index contributed by atoms with van der Waals surface area (Å²) in [5, 5.41) is 6.32. The maximum absolute atomic E-state index is 12.7. The van der Waals surface area contributed by atoms with E-state index in [1.165, 1.54) is 48.8 Å². The lowest BCUT2D eigenvalue weighted by molar-refractivity contribution is -0.114. The van der Waals surface area contributed by atoms with Crippen LogP contribution in [-0.4, -0.2) is 36.4 Å². The number of amides is 2. The Labute approximate surface area is 185 Å². The minimum Gasteiger partial charge on any atom is -0.397 e. The molecule has 8 heteroatoms. The van der Waals surface area contributed by atoms with Crippen LogP contribution in [0.5, 0.6) is 0 Å². The number of carbonyl (C=O) groups is 2. The summed E-state index contributed by atoms with van der Waals surface area (Å²) in [6, 6.07) is 12.1. The number of nitrogens with one attached hydrogen (secondary N) is 2. The van der Waals surface area contributed by atoms with Crippen molar-refractivity contribution >= 4 is 50.6 Å². The van der Waals surface area contributed by atoms with Gasteiger partial charge in [-0.15, -0.1) is 11.3 Å².